The summed E-state index contributed by atoms with van der Waals surface area (Å²) in [6, 6.07) is 0.424. The minimum Gasteiger partial charge on any atom is -0.450 e. The van der Waals surface area contributed by atoms with Gasteiger partial charge in [-0.15, -0.1) is 0 Å². The van der Waals surface area contributed by atoms with Gasteiger partial charge < -0.3 is 15.0 Å². The average molecular weight is 299 g/mol. The number of carbonyl (C=O) groups is 1. The Balaban J connectivity index is 1.75. The van der Waals surface area contributed by atoms with Gasteiger partial charge in [0, 0.05) is 31.4 Å². The van der Waals surface area contributed by atoms with Crippen LogP contribution in [0, 0.1) is 5.41 Å². The number of ether oxygens (including phenoxy) is 1. The Kier molecular flexibility index (Phi) is 5.18. The highest BCUT2D eigenvalue weighted by atomic mass is 32.2. The molecular weight excluding hydrogens is 274 g/mol. The number of likely N-dealkylation sites (tertiary alicyclic amines) is 1. The van der Waals surface area contributed by atoms with Gasteiger partial charge in [-0.1, -0.05) is 25.6 Å². The monoisotopic (exact) mass is 299 g/mol. The number of amides is 1. The lowest BCUT2D eigenvalue weighted by atomic mass is 9.97. The normalized spacial score (nSPS) is 23.1. The lowest BCUT2D eigenvalue weighted by Gasteiger charge is -2.34. The van der Waals surface area contributed by atoms with E-state index in [1.54, 1.807) is 4.90 Å². The maximum Gasteiger partial charge on any atom is 0.409 e. The number of hydrogen-bond donors (Lipinski definition) is 1. The third kappa shape index (κ3) is 4.30. The molecule has 0 aromatic carbocycles. The second kappa shape index (κ2) is 6.70. The van der Waals surface area contributed by atoms with Crippen LogP contribution in [0.2, 0.25) is 0 Å². The quantitative estimate of drug-likeness (QED) is 0.850. The number of aliphatic imine (C=N–C) groups is 1. The zero-order valence-corrected chi connectivity index (χ0v) is 13.5. The van der Waals surface area contributed by atoms with Crippen molar-refractivity contribution in [1.29, 1.82) is 0 Å². The minimum atomic E-state index is -0.183. The van der Waals surface area contributed by atoms with Crippen molar-refractivity contribution in [3.8, 4) is 0 Å². The number of nitrogens with zero attached hydrogens (tertiary/aromatic N) is 2. The molecular formula is C14H25N3O2S. The van der Waals surface area contributed by atoms with E-state index in [4.69, 9.17) is 4.74 Å². The summed E-state index contributed by atoms with van der Waals surface area (Å²) in [6.07, 6.45) is 1.74. The summed E-state index contributed by atoms with van der Waals surface area (Å²) in [4.78, 5) is 18.0. The Morgan fingerprint density at radius 3 is 2.75 bits per heavy atom. The fourth-order valence-electron chi connectivity index (χ4n) is 2.32. The summed E-state index contributed by atoms with van der Waals surface area (Å²) in [5.41, 5.74) is 0.309. The highest BCUT2D eigenvalue weighted by molar-refractivity contribution is 8.13. The summed E-state index contributed by atoms with van der Waals surface area (Å²) in [7, 11) is 0. The van der Waals surface area contributed by atoms with E-state index in [2.05, 4.69) is 24.2 Å². The molecule has 0 aromatic heterocycles. The summed E-state index contributed by atoms with van der Waals surface area (Å²) >= 11 is 1.81. The molecule has 0 atom stereocenters. The summed E-state index contributed by atoms with van der Waals surface area (Å²) in [5.74, 6) is 1.11. The summed E-state index contributed by atoms with van der Waals surface area (Å²) < 4.78 is 5.03. The van der Waals surface area contributed by atoms with Crippen LogP contribution >= 0.6 is 11.8 Å². The standard InChI is InChI=1S/C14H25N3O2S/c1-4-19-13(18)17-7-5-11(6-8-17)16-12-15-9-14(2,3)10-20-12/h11H,4-10H2,1-3H3,(H,15,16). The fourth-order valence-corrected chi connectivity index (χ4v) is 3.35. The van der Waals surface area contributed by atoms with E-state index in [0.717, 1.165) is 43.4 Å². The molecule has 2 aliphatic rings. The molecule has 6 heteroatoms. The molecule has 5 nitrogen and oxygen atoms in total. The highest BCUT2D eigenvalue weighted by Crippen LogP contribution is 2.27. The smallest absolute Gasteiger partial charge is 0.409 e. The Labute approximate surface area is 125 Å². The largest absolute Gasteiger partial charge is 0.450 e. The maximum absolute atomic E-state index is 11.6. The molecule has 0 unspecified atom stereocenters. The van der Waals surface area contributed by atoms with Crippen LogP contribution in [0.15, 0.2) is 4.99 Å². The molecule has 1 N–H and O–H groups in total. The van der Waals surface area contributed by atoms with E-state index in [9.17, 15) is 4.79 Å². The van der Waals surface area contributed by atoms with Gasteiger partial charge >= 0.3 is 6.09 Å². The first-order chi connectivity index (χ1) is 9.50. The predicted molar refractivity (Wildman–Crippen MR) is 83.3 cm³/mol. The third-order valence-corrected chi connectivity index (χ3v) is 5.05. The van der Waals surface area contributed by atoms with Crippen LogP contribution < -0.4 is 5.32 Å². The van der Waals surface area contributed by atoms with Gasteiger partial charge in [-0.2, -0.15) is 0 Å². The van der Waals surface area contributed by atoms with Crippen molar-refractivity contribution in [2.75, 3.05) is 32.0 Å². The Morgan fingerprint density at radius 2 is 2.20 bits per heavy atom. The van der Waals surface area contributed by atoms with Crippen LogP contribution in [0.1, 0.15) is 33.6 Å². The van der Waals surface area contributed by atoms with E-state index < -0.39 is 0 Å². The van der Waals surface area contributed by atoms with Crippen molar-refractivity contribution in [1.82, 2.24) is 10.2 Å². The Hall–Kier alpha value is -0.910. The molecule has 114 valence electrons. The van der Waals surface area contributed by atoms with E-state index in [-0.39, 0.29) is 6.09 Å². The number of rotatable bonds is 2. The number of amidine groups is 1. The van der Waals surface area contributed by atoms with E-state index in [0.29, 0.717) is 18.1 Å². The van der Waals surface area contributed by atoms with Gasteiger partial charge in [-0.3, -0.25) is 4.99 Å². The number of thioether (sulfide) groups is 1. The molecule has 2 aliphatic heterocycles. The SMILES string of the molecule is CCOC(=O)N1CCC(NC2=NCC(C)(C)CS2)CC1. The third-order valence-electron chi connectivity index (χ3n) is 3.60. The molecule has 0 saturated carbocycles. The Bertz CT molecular complexity index is 377. The minimum absolute atomic E-state index is 0.183. The number of carbonyl (C=O) groups excluding carboxylic acids is 1. The van der Waals surface area contributed by atoms with Crippen LogP contribution in [0.4, 0.5) is 4.79 Å². The van der Waals surface area contributed by atoms with Crippen LogP contribution in [0.3, 0.4) is 0 Å². The van der Waals surface area contributed by atoms with Gasteiger partial charge in [0.05, 0.1) is 6.61 Å². The van der Waals surface area contributed by atoms with Crippen molar-refractivity contribution in [2.45, 2.75) is 39.7 Å². The van der Waals surface area contributed by atoms with Crippen molar-refractivity contribution in [2.24, 2.45) is 10.4 Å². The molecule has 1 saturated heterocycles. The lowest BCUT2D eigenvalue weighted by molar-refractivity contribution is 0.0964. The van der Waals surface area contributed by atoms with Crippen LogP contribution in [0.25, 0.3) is 0 Å². The molecule has 20 heavy (non-hydrogen) atoms. The molecule has 2 heterocycles. The summed E-state index contributed by atoms with van der Waals surface area (Å²) in [6.45, 7) is 9.20. The summed E-state index contributed by atoms with van der Waals surface area (Å²) in [5, 5.41) is 4.59. The lowest BCUT2D eigenvalue weighted by Crippen LogP contribution is -2.47. The molecule has 2 rings (SSSR count). The van der Waals surface area contributed by atoms with Gasteiger partial charge in [-0.05, 0) is 25.2 Å². The number of hydrogen-bond acceptors (Lipinski definition) is 5. The van der Waals surface area contributed by atoms with E-state index in [1.807, 2.05) is 18.7 Å². The van der Waals surface area contributed by atoms with Gasteiger partial charge in [0.2, 0.25) is 0 Å². The van der Waals surface area contributed by atoms with E-state index in [1.165, 1.54) is 0 Å². The molecule has 0 aliphatic carbocycles. The zero-order valence-electron chi connectivity index (χ0n) is 12.6. The van der Waals surface area contributed by atoms with Crippen LogP contribution in [0.5, 0.6) is 0 Å². The maximum atomic E-state index is 11.6. The zero-order chi connectivity index (χ0) is 14.6. The molecule has 1 fully saturated rings. The van der Waals surface area contributed by atoms with Gasteiger partial charge in [-0.25, -0.2) is 4.79 Å². The topological polar surface area (TPSA) is 53.9 Å². The molecule has 0 spiro atoms. The Morgan fingerprint density at radius 1 is 1.50 bits per heavy atom. The van der Waals surface area contributed by atoms with Crippen molar-refractivity contribution in [3.63, 3.8) is 0 Å². The molecule has 0 aromatic rings. The second-order valence-corrected chi connectivity index (χ2v) is 7.14. The first-order valence-corrected chi connectivity index (χ1v) is 8.34. The first-order valence-electron chi connectivity index (χ1n) is 7.36. The highest BCUT2D eigenvalue weighted by Gasteiger charge is 2.27. The molecule has 1 amide bonds. The van der Waals surface area contributed by atoms with Gasteiger partial charge in [0.25, 0.3) is 0 Å². The molecule has 0 bridgehead atoms. The fraction of sp³-hybridized carbons (Fsp3) is 0.857. The van der Waals surface area contributed by atoms with Crippen molar-refractivity contribution >= 4 is 23.0 Å². The predicted octanol–water partition coefficient (Wildman–Crippen LogP) is 2.33. The number of nitrogens with one attached hydrogen (secondary N) is 1. The van der Waals surface area contributed by atoms with Crippen LogP contribution in [-0.2, 0) is 4.74 Å². The van der Waals surface area contributed by atoms with Gasteiger partial charge in [0.15, 0.2) is 5.17 Å². The van der Waals surface area contributed by atoms with Crippen LogP contribution in [-0.4, -0.2) is 54.2 Å². The van der Waals surface area contributed by atoms with Crippen molar-refractivity contribution in [3.05, 3.63) is 0 Å². The average Bonchev–Trinajstić information content (AvgIpc) is 2.42. The van der Waals surface area contributed by atoms with Crippen molar-refractivity contribution < 1.29 is 9.53 Å². The van der Waals surface area contributed by atoms with Gasteiger partial charge in [0.1, 0.15) is 0 Å². The molecule has 0 radical (unpaired) electrons. The number of piperidine rings is 1. The first kappa shape index (κ1) is 15.5. The second-order valence-electron chi connectivity index (χ2n) is 6.18. The van der Waals surface area contributed by atoms with E-state index >= 15 is 0 Å².